The van der Waals surface area contributed by atoms with Crippen LogP contribution in [0, 0.1) is 22.7 Å². The summed E-state index contributed by atoms with van der Waals surface area (Å²) in [5.74, 6) is -5.89. The fourth-order valence-electron chi connectivity index (χ4n) is 13.0. The minimum atomic E-state index is -1.75. The van der Waals surface area contributed by atoms with E-state index in [0.29, 0.717) is 32.1 Å². The Bertz CT molecular complexity index is 2170. The van der Waals surface area contributed by atoms with E-state index in [4.69, 9.17) is 51.8 Å². The zero-order valence-corrected chi connectivity index (χ0v) is 40.1. The molecule has 6 aliphatic rings. The van der Waals surface area contributed by atoms with Crippen LogP contribution >= 0.6 is 0 Å². The van der Waals surface area contributed by atoms with Crippen LogP contribution in [-0.2, 0) is 80.9 Å². The van der Waals surface area contributed by atoms with Crippen LogP contribution in [-0.4, -0.2) is 138 Å². The Labute approximate surface area is 398 Å². The third-order valence-corrected chi connectivity index (χ3v) is 15.9. The highest BCUT2D eigenvalue weighted by Crippen LogP contribution is 2.71. The first kappa shape index (κ1) is 52.0. The standard InChI is InChI=1S/C48H64O21/c1-23-37(69-44-42(66-28(6)54)40(64-26(4)52)38(62-24(2)50)34(68-44)19-36(56)59-8)39(63-25(3)51)41(65-27(5)53)43(61-23)67-30-11-16-46(22-49)32-12-15-45(7)31(29-9-10-35(55)60-21-29)14-18-48(45,58)33(32)13-17-47(46,57)20-30/h9-10,21-23,30-34,37-44,57-58H,11-20H2,1-8H3. The van der Waals surface area contributed by atoms with Crippen molar-refractivity contribution in [2.45, 2.75) is 197 Å². The number of fused-ring (bicyclic) bond motifs is 5. The lowest BCUT2D eigenvalue weighted by atomic mass is 9.41. The predicted octanol–water partition coefficient (Wildman–Crippen LogP) is 2.64. The van der Waals surface area contributed by atoms with E-state index in [0.717, 1.165) is 53.6 Å². The average molecular weight is 977 g/mol. The molecule has 2 N–H and O–H groups in total. The van der Waals surface area contributed by atoms with Gasteiger partial charge in [0.15, 0.2) is 43.1 Å². The molecule has 2 saturated heterocycles. The van der Waals surface area contributed by atoms with Gasteiger partial charge in [0, 0.05) is 52.5 Å². The second-order valence-electron chi connectivity index (χ2n) is 19.8. The monoisotopic (exact) mass is 976 g/mol. The summed E-state index contributed by atoms with van der Waals surface area (Å²) < 4.78 is 63.7. The summed E-state index contributed by atoms with van der Waals surface area (Å²) in [6, 6.07) is 3.13. The molecule has 3 heterocycles. The zero-order chi connectivity index (χ0) is 50.4. The third-order valence-electron chi connectivity index (χ3n) is 15.9. The molecule has 1 aromatic heterocycles. The number of ether oxygens (including phenoxy) is 10. The van der Waals surface area contributed by atoms with Crippen molar-refractivity contribution in [3.63, 3.8) is 0 Å². The molecule has 69 heavy (non-hydrogen) atoms. The number of rotatable bonds is 13. The van der Waals surface area contributed by atoms with Gasteiger partial charge < -0.3 is 66.8 Å². The number of methoxy groups -OCH3 is 1. The van der Waals surface area contributed by atoms with Crippen molar-refractivity contribution in [3.8, 4) is 0 Å². The molecule has 1 aromatic rings. The second kappa shape index (κ2) is 20.1. The summed E-state index contributed by atoms with van der Waals surface area (Å²) in [5, 5.41) is 25.5. The molecule has 7 rings (SSSR count). The maximum Gasteiger partial charge on any atom is 0.335 e. The van der Waals surface area contributed by atoms with Gasteiger partial charge in [-0.25, -0.2) is 4.79 Å². The Hall–Kier alpha value is -4.80. The summed E-state index contributed by atoms with van der Waals surface area (Å²) in [5.41, 5.74) is -4.18. The van der Waals surface area contributed by atoms with Gasteiger partial charge in [0.05, 0.1) is 48.6 Å². The van der Waals surface area contributed by atoms with E-state index in [1.54, 1.807) is 6.07 Å². The summed E-state index contributed by atoms with van der Waals surface area (Å²) in [7, 11) is 1.11. The van der Waals surface area contributed by atoms with Gasteiger partial charge in [0.25, 0.3) is 0 Å². The van der Waals surface area contributed by atoms with Crippen molar-refractivity contribution >= 4 is 42.1 Å². The van der Waals surface area contributed by atoms with Gasteiger partial charge in [-0.2, -0.15) is 0 Å². The van der Waals surface area contributed by atoms with Gasteiger partial charge >= 0.3 is 41.4 Å². The van der Waals surface area contributed by atoms with Crippen LogP contribution < -0.4 is 5.63 Å². The molecule has 382 valence electrons. The van der Waals surface area contributed by atoms with Crippen LogP contribution in [0.2, 0.25) is 0 Å². The molecule has 0 radical (unpaired) electrons. The number of aliphatic hydroxyl groups is 2. The van der Waals surface area contributed by atoms with Crippen molar-refractivity contribution in [1.82, 2.24) is 0 Å². The van der Waals surface area contributed by atoms with Gasteiger partial charge in [-0.05, 0) is 87.7 Å². The number of carbonyl (C=O) groups is 7. The molecule has 4 aliphatic carbocycles. The van der Waals surface area contributed by atoms with Crippen LogP contribution in [0.15, 0.2) is 27.6 Å². The van der Waals surface area contributed by atoms with Gasteiger partial charge in [-0.3, -0.25) is 28.8 Å². The highest BCUT2D eigenvalue weighted by Gasteiger charge is 2.71. The van der Waals surface area contributed by atoms with E-state index in [-0.39, 0.29) is 43.4 Å². The molecular formula is C48H64O21. The molecule has 2 aliphatic heterocycles. The summed E-state index contributed by atoms with van der Waals surface area (Å²) in [6.07, 6.45) is -10.8. The van der Waals surface area contributed by atoms with E-state index >= 15 is 0 Å². The Balaban J connectivity index is 1.14. The molecule has 0 aromatic carbocycles. The highest BCUT2D eigenvalue weighted by molar-refractivity contribution is 5.71. The fraction of sp³-hybridized carbons (Fsp3) is 0.750. The SMILES string of the molecule is COC(=O)CC1OC(OC2C(C)OC(OC3CCC4(C=O)C5CCC6(C)C(c7ccc(=O)oc7)CCC6(O)C5CCC4(O)C3)C(OC(C)=O)C2OC(C)=O)C(OC(C)=O)C(OC(C)=O)C1OC(C)=O. The lowest BCUT2D eigenvalue weighted by molar-refractivity contribution is -0.361. The van der Waals surface area contributed by atoms with Crippen LogP contribution in [0.1, 0.15) is 124 Å². The number of aldehydes is 1. The molecule has 0 spiro atoms. The van der Waals surface area contributed by atoms with Gasteiger partial charge in [-0.1, -0.05) is 6.92 Å². The molecule has 0 amide bonds. The Morgan fingerprint density at radius 3 is 1.83 bits per heavy atom. The second-order valence-corrected chi connectivity index (χ2v) is 19.8. The topological polar surface area (TPSA) is 282 Å². The molecule has 18 atom stereocenters. The van der Waals surface area contributed by atoms with E-state index in [2.05, 4.69) is 6.92 Å². The maximum atomic E-state index is 13.6. The van der Waals surface area contributed by atoms with Gasteiger partial charge in [0.2, 0.25) is 0 Å². The van der Waals surface area contributed by atoms with Crippen molar-refractivity contribution in [2.75, 3.05) is 7.11 Å². The summed E-state index contributed by atoms with van der Waals surface area (Å²) in [6.45, 7) is 8.98. The fourth-order valence-corrected chi connectivity index (χ4v) is 13.0. The minimum Gasteiger partial charge on any atom is -0.469 e. The first-order chi connectivity index (χ1) is 32.5. The van der Waals surface area contributed by atoms with E-state index < -0.39 is 137 Å². The first-order valence-electron chi connectivity index (χ1n) is 23.5. The van der Waals surface area contributed by atoms with Crippen molar-refractivity contribution in [1.29, 1.82) is 0 Å². The number of hydrogen-bond acceptors (Lipinski definition) is 21. The highest BCUT2D eigenvalue weighted by atomic mass is 16.8. The molecule has 21 heteroatoms. The smallest absolute Gasteiger partial charge is 0.335 e. The number of carbonyl (C=O) groups excluding carboxylic acids is 7. The zero-order valence-electron chi connectivity index (χ0n) is 40.1. The normalized spacial score (nSPS) is 41.4. The summed E-state index contributed by atoms with van der Waals surface area (Å²) >= 11 is 0. The molecule has 6 fully saturated rings. The average Bonchev–Trinajstić information content (AvgIpc) is 3.55. The molecular weight excluding hydrogens is 913 g/mol. The Kier molecular flexibility index (Phi) is 15.2. The molecule has 0 bridgehead atoms. The maximum absolute atomic E-state index is 13.6. The van der Waals surface area contributed by atoms with E-state index in [1.807, 2.05) is 0 Å². The third kappa shape index (κ3) is 9.83. The van der Waals surface area contributed by atoms with Gasteiger partial charge in [-0.15, -0.1) is 0 Å². The first-order valence-corrected chi connectivity index (χ1v) is 23.5. The Morgan fingerprint density at radius 1 is 0.696 bits per heavy atom. The predicted molar refractivity (Wildman–Crippen MR) is 230 cm³/mol. The molecule has 18 unspecified atom stereocenters. The molecule has 4 saturated carbocycles. The Morgan fingerprint density at radius 2 is 1.26 bits per heavy atom. The van der Waals surface area contributed by atoms with E-state index in [9.17, 15) is 48.6 Å². The minimum absolute atomic E-state index is 0.0296. The molecule has 21 nitrogen and oxygen atoms in total. The van der Waals surface area contributed by atoms with Crippen LogP contribution in [0.4, 0.5) is 0 Å². The van der Waals surface area contributed by atoms with Crippen LogP contribution in [0.3, 0.4) is 0 Å². The van der Waals surface area contributed by atoms with Crippen molar-refractivity contribution in [3.05, 3.63) is 34.4 Å². The van der Waals surface area contributed by atoms with Crippen molar-refractivity contribution in [2.24, 2.45) is 22.7 Å². The van der Waals surface area contributed by atoms with Gasteiger partial charge in [0.1, 0.15) is 18.5 Å². The lowest BCUT2D eigenvalue weighted by Gasteiger charge is -2.65. The number of esters is 6. The van der Waals surface area contributed by atoms with Crippen LogP contribution in [0.25, 0.3) is 0 Å². The number of hydrogen-bond donors (Lipinski definition) is 2. The van der Waals surface area contributed by atoms with Crippen molar-refractivity contribution < 1.29 is 95.6 Å². The summed E-state index contributed by atoms with van der Waals surface area (Å²) in [4.78, 5) is 101. The van der Waals surface area contributed by atoms with E-state index in [1.165, 1.54) is 19.3 Å². The lowest BCUT2D eigenvalue weighted by Crippen LogP contribution is -2.69. The van der Waals surface area contributed by atoms with Crippen LogP contribution in [0.5, 0.6) is 0 Å². The largest absolute Gasteiger partial charge is 0.469 e. The quantitative estimate of drug-likeness (QED) is 0.124.